The van der Waals surface area contributed by atoms with Crippen LogP contribution in [0.5, 0.6) is 0 Å². The Morgan fingerprint density at radius 3 is 1.54 bits per heavy atom. The van der Waals surface area contributed by atoms with E-state index in [1.807, 2.05) is 13.8 Å². The van der Waals surface area contributed by atoms with Crippen LogP contribution in [-0.2, 0) is 9.53 Å². The first-order chi connectivity index (χ1) is 11.6. The summed E-state index contributed by atoms with van der Waals surface area (Å²) in [5.41, 5.74) is 0. The first kappa shape index (κ1) is 23.5. The van der Waals surface area contributed by atoms with E-state index in [1.54, 1.807) is 0 Å². The van der Waals surface area contributed by atoms with Crippen molar-refractivity contribution in [1.82, 2.24) is 0 Å². The zero-order valence-electron chi connectivity index (χ0n) is 17.1. The van der Waals surface area contributed by atoms with Crippen molar-refractivity contribution < 1.29 is 9.53 Å². The lowest BCUT2D eigenvalue weighted by Crippen LogP contribution is -2.18. The molecule has 0 aliphatic carbocycles. The Balaban J connectivity index is 3.93. The molecule has 0 N–H and O–H groups in total. The van der Waals surface area contributed by atoms with Gasteiger partial charge in [-0.2, -0.15) is 0 Å². The highest BCUT2D eigenvalue weighted by Crippen LogP contribution is 2.20. The highest BCUT2D eigenvalue weighted by Gasteiger charge is 2.14. The molecule has 0 atom stereocenters. The number of unbranched alkanes of at least 4 members (excludes halogenated alkanes) is 10. The van der Waals surface area contributed by atoms with Crippen LogP contribution in [0.3, 0.4) is 0 Å². The van der Waals surface area contributed by atoms with Gasteiger partial charge in [0, 0.05) is 0 Å². The molecule has 2 heteroatoms. The highest BCUT2D eigenvalue weighted by atomic mass is 16.5. The van der Waals surface area contributed by atoms with Crippen LogP contribution >= 0.6 is 0 Å². The molecule has 0 aromatic carbocycles. The maximum absolute atomic E-state index is 11.7. The third-order valence-electron chi connectivity index (χ3n) is 4.86. The zero-order chi connectivity index (χ0) is 18.0. The van der Waals surface area contributed by atoms with Gasteiger partial charge >= 0.3 is 5.97 Å². The average Bonchev–Trinajstić information content (AvgIpc) is 2.57. The molecule has 2 nitrogen and oxygen atoms in total. The third-order valence-corrected chi connectivity index (χ3v) is 4.86. The van der Waals surface area contributed by atoms with Crippen molar-refractivity contribution in [2.45, 2.75) is 118 Å². The molecule has 0 aromatic rings. The molecule has 0 radical (unpaired) electrons. The predicted molar refractivity (Wildman–Crippen MR) is 105 cm³/mol. The maximum atomic E-state index is 11.7. The number of carbonyl (C=O) groups excluding carboxylic acids is 1. The molecule has 0 saturated carbocycles. The number of rotatable bonds is 17. The molecule has 0 aliphatic rings. The largest absolute Gasteiger partial charge is 0.465 e. The predicted octanol–water partition coefficient (Wildman–Crippen LogP) is 7.30. The molecule has 0 unspecified atom stereocenters. The molecule has 0 aliphatic heterocycles. The summed E-state index contributed by atoms with van der Waals surface area (Å²) < 4.78 is 5.52. The quantitative estimate of drug-likeness (QED) is 0.205. The van der Waals surface area contributed by atoms with Gasteiger partial charge in [0.25, 0.3) is 0 Å². The van der Waals surface area contributed by atoms with Gasteiger partial charge in [0.1, 0.15) is 0 Å². The van der Waals surface area contributed by atoms with Gasteiger partial charge in [-0.1, -0.05) is 105 Å². The van der Waals surface area contributed by atoms with E-state index in [0.29, 0.717) is 12.5 Å². The monoisotopic (exact) mass is 340 g/mol. The second kappa shape index (κ2) is 17.3. The Bertz CT molecular complexity index is 257. The van der Waals surface area contributed by atoms with Crippen molar-refractivity contribution in [2.75, 3.05) is 6.61 Å². The zero-order valence-corrected chi connectivity index (χ0v) is 17.1. The summed E-state index contributed by atoms with van der Waals surface area (Å²) in [5, 5.41) is 0. The van der Waals surface area contributed by atoms with Gasteiger partial charge < -0.3 is 4.74 Å². The van der Waals surface area contributed by atoms with Gasteiger partial charge in [-0.05, 0) is 18.8 Å². The SMILES string of the molecule is CCCCCCCCC(CCCCCCCC)COC(=O)C(C)C. The number of ether oxygens (including phenoxy) is 1. The van der Waals surface area contributed by atoms with Crippen LogP contribution in [0, 0.1) is 11.8 Å². The van der Waals surface area contributed by atoms with Crippen molar-refractivity contribution >= 4 is 5.97 Å². The Labute approximate surface area is 152 Å². The fourth-order valence-corrected chi connectivity index (χ4v) is 3.10. The number of carbonyl (C=O) groups is 1. The number of hydrogen-bond acceptors (Lipinski definition) is 2. The molecule has 0 saturated heterocycles. The van der Waals surface area contributed by atoms with E-state index < -0.39 is 0 Å². The topological polar surface area (TPSA) is 26.3 Å². The lowest BCUT2D eigenvalue weighted by molar-refractivity contribution is -0.148. The summed E-state index contributed by atoms with van der Waals surface area (Å²) >= 11 is 0. The first-order valence-corrected chi connectivity index (χ1v) is 10.8. The summed E-state index contributed by atoms with van der Waals surface area (Å²) in [6, 6.07) is 0. The van der Waals surface area contributed by atoms with E-state index >= 15 is 0 Å². The Morgan fingerprint density at radius 1 is 0.708 bits per heavy atom. The molecule has 0 amide bonds. The number of hydrogen-bond donors (Lipinski definition) is 0. The van der Waals surface area contributed by atoms with Crippen LogP contribution in [0.2, 0.25) is 0 Å². The molecular weight excluding hydrogens is 296 g/mol. The van der Waals surface area contributed by atoms with E-state index in [9.17, 15) is 4.79 Å². The van der Waals surface area contributed by atoms with E-state index in [-0.39, 0.29) is 11.9 Å². The van der Waals surface area contributed by atoms with E-state index in [4.69, 9.17) is 4.74 Å². The van der Waals surface area contributed by atoms with Crippen molar-refractivity contribution in [1.29, 1.82) is 0 Å². The summed E-state index contributed by atoms with van der Waals surface area (Å²) in [5.74, 6) is 0.532. The molecule has 0 fully saturated rings. The minimum absolute atomic E-state index is 0.00580. The van der Waals surface area contributed by atoms with Crippen molar-refractivity contribution in [3.63, 3.8) is 0 Å². The smallest absolute Gasteiger partial charge is 0.308 e. The Morgan fingerprint density at radius 2 is 1.12 bits per heavy atom. The van der Waals surface area contributed by atoms with Gasteiger partial charge in [-0.3, -0.25) is 4.79 Å². The minimum atomic E-state index is -0.0362. The van der Waals surface area contributed by atoms with Gasteiger partial charge in [-0.15, -0.1) is 0 Å². The molecule has 0 bridgehead atoms. The summed E-state index contributed by atoms with van der Waals surface area (Å²) in [6.07, 6.45) is 18.6. The lowest BCUT2D eigenvalue weighted by Gasteiger charge is -2.18. The van der Waals surface area contributed by atoms with Crippen LogP contribution in [0.15, 0.2) is 0 Å². The summed E-state index contributed by atoms with van der Waals surface area (Å²) in [4.78, 5) is 11.7. The van der Waals surface area contributed by atoms with Gasteiger partial charge in [0.15, 0.2) is 0 Å². The van der Waals surface area contributed by atoms with E-state index in [1.165, 1.54) is 89.9 Å². The maximum Gasteiger partial charge on any atom is 0.308 e. The normalized spacial score (nSPS) is 11.4. The second-order valence-corrected chi connectivity index (χ2v) is 7.76. The van der Waals surface area contributed by atoms with Gasteiger partial charge in [-0.25, -0.2) is 0 Å². The van der Waals surface area contributed by atoms with Gasteiger partial charge in [0.2, 0.25) is 0 Å². The Kier molecular flexibility index (Phi) is 16.9. The first-order valence-electron chi connectivity index (χ1n) is 10.8. The van der Waals surface area contributed by atoms with Crippen LogP contribution in [0.4, 0.5) is 0 Å². The summed E-state index contributed by atoms with van der Waals surface area (Å²) in [6.45, 7) is 9.00. The third kappa shape index (κ3) is 15.0. The fourth-order valence-electron chi connectivity index (χ4n) is 3.10. The van der Waals surface area contributed by atoms with Crippen molar-refractivity contribution in [2.24, 2.45) is 11.8 Å². The second-order valence-electron chi connectivity index (χ2n) is 7.76. The molecule has 0 spiro atoms. The van der Waals surface area contributed by atoms with Crippen LogP contribution in [0.1, 0.15) is 118 Å². The van der Waals surface area contributed by atoms with Crippen LogP contribution in [0.25, 0.3) is 0 Å². The minimum Gasteiger partial charge on any atom is -0.465 e. The molecule has 0 aromatic heterocycles. The van der Waals surface area contributed by atoms with E-state index in [2.05, 4.69) is 13.8 Å². The average molecular weight is 341 g/mol. The van der Waals surface area contributed by atoms with Gasteiger partial charge in [0.05, 0.1) is 12.5 Å². The summed E-state index contributed by atoms with van der Waals surface area (Å²) in [7, 11) is 0. The Hall–Kier alpha value is -0.530. The molecule has 0 heterocycles. The lowest BCUT2D eigenvalue weighted by atomic mass is 9.94. The van der Waals surface area contributed by atoms with E-state index in [0.717, 1.165) is 0 Å². The molecule has 0 rings (SSSR count). The highest BCUT2D eigenvalue weighted by molar-refractivity contribution is 5.71. The molecular formula is C22H44O2. The van der Waals surface area contributed by atoms with Crippen molar-refractivity contribution in [3.05, 3.63) is 0 Å². The molecule has 24 heavy (non-hydrogen) atoms. The van der Waals surface area contributed by atoms with Crippen molar-refractivity contribution in [3.8, 4) is 0 Å². The van der Waals surface area contributed by atoms with Crippen LogP contribution in [-0.4, -0.2) is 12.6 Å². The number of esters is 1. The fraction of sp³-hybridized carbons (Fsp3) is 0.955. The standard InChI is InChI=1S/C22H44O2/c1-5-7-9-11-13-15-17-21(19-24-22(23)20(3)4)18-16-14-12-10-8-6-2/h20-21H,5-19H2,1-4H3. The molecule has 144 valence electrons. The van der Waals surface area contributed by atoms with Crippen LogP contribution < -0.4 is 0 Å².